The van der Waals surface area contributed by atoms with Crippen LogP contribution in [0.3, 0.4) is 0 Å². The number of fused-ring (bicyclic) bond motifs is 1. The van der Waals surface area contributed by atoms with Gasteiger partial charge >= 0.3 is 0 Å². The Bertz CT molecular complexity index is 509. The summed E-state index contributed by atoms with van der Waals surface area (Å²) in [5.41, 5.74) is 6.74. The topological polar surface area (TPSA) is 38.9 Å². The van der Waals surface area contributed by atoms with Crippen molar-refractivity contribution < 1.29 is 0 Å². The Morgan fingerprint density at radius 3 is 2.94 bits per heavy atom. The van der Waals surface area contributed by atoms with E-state index in [0.29, 0.717) is 0 Å². The number of rotatable bonds is 6. The van der Waals surface area contributed by atoms with Crippen molar-refractivity contribution in [3.05, 3.63) is 27.7 Å². The molecule has 98 valence electrons. The van der Waals surface area contributed by atoms with E-state index < -0.39 is 0 Å². The molecule has 2 rings (SSSR count). The van der Waals surface area contributed by atoms with Crippen LogP contribution in [-0.2, 0) is 6.42 Å². The molecule has 1 heterocycles. The molecular formula is C14H19BrN2S. The summed E-state index contributed by atoms with van der Waals surface area (Å²) in [6.45, 7) is 3.04. The van der Waals surface area contributed by atoms with E-state index in [9.17, 15) is 0 Å². The van der Waals surface area contributed by atoms with Crippen molar-refractivity contribution in [3.8, 4) is 0 Å². The lowest BCUT2D eigenvalue weighted by molar-refractivity contribution is 0.443. The van der Waals surface area contributed by atoms with Crippen LogP contribution in [0.1, 0.15) is 31.2 Å². The molecule has 0 saturated carbocycles. The highest BCUT2D eigenvalue weighted by Crippen LogP contribution is 2.27. The third-order valence-corrected chi connectivity index (χ3v) is 4.90. The van der Waals surface area contributed by atoms with Gasteiger partial charge in [0.25, 0.3) is 0 Å². The summed E-state index contributed by atoms with van der Waals surface area (Å²) in [4.78, 5) is 4.70. The van der Waals surface area contributed by atoms with E-state index in [0.717, 1.165) is 35.3 Å². The molecule has 0 aliphatic rings. The third kappa shape index (κ3) is 3.53. The molecule has 18 heavy (non-hydrogen) atoms. The van der Waals surface area contributed by atoms with Gasteiger partial charge in [-0.3, -0.25) is 0 Å². The maximum atomic E-state index is 5.63. The van der Waals surface area contributed by atoms with Gasteiger partial charge in [0.05, 0.1) is 15.2 Å². The van der Waals surface area contributed by atoms with E-state index in [-0.39, 0.29) is 0 Å². The zero-order valence-electron chi connectivity index (χ0n) is 10.7. The van der Waals surface area contributed by atoms with Crippen molar-refractivity contribution in [1.29, 1.82) is 0 Å². The number of nitrogens with zero attached hydrogens (tertiary/aromatic N) is 1. The van der Waals surface area contributed by atoms with E-state index in [4.69, 9.17) is 10.7 Å². The van der Waals surface area contributed by atoms with Gasteiger partial charge in [-0.2, -0.15) is 0 Å². The van der Waals surface area contributed by atoms with Crippen LogP contribution < -0.4 is 5.73 Å². The SMILES string of the molecule is CCC(CCN)CCc1nc2cc(Br)ccc2s1. The lowest BCUT2D eigenvalue weighted by Gasteiger charge is -2.11. The maximum absolute atomic E-state index is 5.63. The Morgan fingerprint density at radius 1 is 1.39 bits per heavy atom. The summed E-state index contributed by atoms with van der Waals surface area (Å²) < 4.78 is 2.38. The van der Waals surface area contributed by atoms with Crippen LogP contribution in [0, 0.1) is 5.92 Å². The van der Waals surface area contributed by atoms with E-state index in [1.165, 1.54) is 22.5 Å². The van der Waals surface area contributed by atoms with Crippen LogP contribution in [0.15, 0.2) is 22.7 Å². The first-order valence-corrected chi connectivity index (χ1v) is 8.09. The summed E-state index contributed by atoms with van der Waals surface area (Å²) >= 11 is 5.30. The van der Waals surface area contributed by atoms with Crippen LogP contribution >= 0.6 is 27.3 Å². The molecule has 0 radical (unpaired) electrons. The first-order chi connectivity index (χ1) is 8.72. The summed E-state index contributed by atoms with van der Waals surface area (Å²) in [5, 5.41) is 1.25. The number of aryl methyl sites for hydroxylation is 1. The molecule has 1 unspecified atom stereocenters. The molecule has 1 aromatic carbocycles. The largest absolute Gasteiger partial charge is 0.330 e. The highest BCUT2D eigenvalue weighted by atomic mass is 79.9. The van der Waals surface area contributed by atoms with E-state index in [1.54, 1.807) is 0 Å². The molecule has 0 aliphatic heterocycles. The van der Waals surface area contributed by atoms with Crippen molar-refractivity contribution in [1.82, 2.24) is 4.98 Å². The van der Waals surface area contributed by atoms with E-state index in [2.05, 4.69) is 41.1 Å². The Morgan fingerprint density at radius 2 is 2.22 bits per heavy atom. The minimum absolute atomic E-state index is 0.744. The molecule has 2 nitrogen and oxygen atoms in total. The summed E-state index contributed by atoms with van der Waals surface area (Å²) in [6.07, 6.45) is 4.63. The lowest BCUT2D eigenvalue weighted by atomic mass is 9.97. The number of benzene rings is 1. The highest BCUT2D eigenvalue weighted by Gasteiger charge is 2.09. The molecule has 2 N–H and O–H groups in total. The second kappa shape index (κ2) is 6.64. The van der Waals surface area contributed by atoms with Crippen LogP contribution in [0.2, 0.25) is 0 Å². The average molecular weight is 327 g/mol. The van der Waals surface area contributed by atoms with Crippen LogP contribution in [0.5, 0.6) is 0 Å². The Hall–Kier alpha value is -0.450. The van der Waals surface area contributed by atoms with Gasteiger partial charge in [-0.1, -0.05) is 29.3 Å². The van der Waals surface area contributed by atoms with Crippen LogP contribution in [-0.4, -0.2) is 11.5 Å². The molecule has 1 aromatic heterocycles. The number of hydrogen-bond donors (Lipinski definition) is 1. The number of thiazole rings is 1. The molecule has 0 amide bonds. The second-order valence-corrected chi connectivity index (χ2v) is 6.64. The van der Waals surface area contributed by atoms with E-state index >= 15 is 0 Å². The predicted octanol–water partition coefficient (Wildman–Crippen LogP) is 4.37. The zero-order valence-corrected chi connectivity index (χ0v) is 13.1. The van der Waals surface area contributed by atoms with Gasteiger partial charge in [0.15, 0.2) is 0 Å². The van der Waals surface area contributed by atoms with Crippen LogP contribution in [0.25, 0.3) is 10.2 Å². The van der Waals surface area contributed by atoms with Gasteiger partial charge in [0, 0.05) is 4.47 Å². The summed E-state index contributed by atoms with van der Waals surface area (Å²) in [5.74, 6) is 0.744. The lowest BCUT2D eigenvalue weighted by Crippen LogP contribution is -2.08. The molecular weight excluding hydrogens is 308 g/mol. The standard InChI is InChI=1S/C14H19BrN2S/c1-2-10(7-8-16)3-6-14-17-12-9-11(15)4-5-13(12)18-14/h4-5,9-10H,2-3,6-8,16H2,1H3. The van der Waals surface area contributed by atoms with Crippen molar-refractivity contribution in [2.75, 3.05) is 6.54 Å². The molecule has 0 bridgehead atoms. The highest BCUT2D eigenvalue weighted by molar-refractivity contribution is 9.10. The molecule has 4 heteroatoms. The normalized spacial score (nSPS) is 13.1. The fraction of sp³-hybridized carbons (Fsp3) is 0.500. The van der Waals surface area contributed by atoms with Crippen molar-refractivity contribution in [3.63, 3.8) is 0 Å². The number of halogens is 1. The van der Waals surface area contributed by atoms with Crippen molar-refractivity contribution in [2.45, 2.75) is 32.6 Å². The van der Waals surface area contributed by atoms with Crippen LogP contribution in [0.4, 0.5) is 0 Å². The monoisotopic (exact) mass is 326 g/mol. The summed E-state index contributed by atoms with van der Waals surface area (Å²) in [6, 6.07) is 6.30. The van der Waals surface area contributed by atoms with Gasteiger partial charge in [0.1, 0.15) is 0 Å². The first kappa shape index (κ1) is 14.0. The Kier molecular flexibility index (Phi) is 5.15. The minimum atomic E-state index is 0.744. The first-order valence-electron chi connectivity index (χ1n) is 6.48. The van der Waals surface area contributed by atoms with Gasteiger partial charge in [-0.25, -0.2) is 4.98 Å². The maximum Gasteiger partial charge on any atom is 0.0938 e. The van der Waals surface area contributed by atoms with Crippen molar-refractivity contribution >= 4 is 37.5 Å². The molecule has 1 atom stereocenters. The zero-order chi connectivity index (χ0) is 13.0. The minimum Gasteiger partial charge on any atom is -0.330 e. The number of hydrogen-bond acceptors (Lipinski definition) is 3. The van der Waals surface area contributed by atoms with Gasteiger partial charge in [0.2, 0.25) is 0 Å². The molecule has 0 saturated heterocycles. The van der Waals surface area contributed by atoms with Gasteiger partial charge in [-0.05, 0) is 49.9 Å². The smallest absolute Gasteiger partial charge is 0.0938 e. The van der Waals surface area contributed by atoms with Crippen molar-refractivity contribution in [2.24, 2.45) is 11.7 Å². The number of nitrogens with two attached hydrogens (primary N) is 1. The second-order valence-electron chi connectivity index (χ2n) is 4.61. The fourth-order valence-electron chi connectivity index (χ4n) is 2.17. The molecule has 0 spiro atoms. The summed E-state index contributed by atoms with van der Waals surface area (Å²) in [7, 11) is 0. The quantitative estimate of drug-likeness (QED) is 0.856. The number of aromatic nitrogens is 1. The molecule has 0 fully saturated rings. The predicted molar refractivity (Wildman–Crippen MR) is 83.1 cm³/mol. The fourth-order valence-corrected chi connectivity index (χ4v) is 3.48. The Balaban J connectivity index is 2.03. The van der Waals surface area contributed by atoms with Gasteiger partial charge in [-0.15, -0.1) is 11.3 Å². The molecule has 2 aromatic rings. The van der Waals surface area contributed by atoms with Gasteiger partial charge < -0.3 is 5.73 Å². The third-order valence-electron chi connectivity index (χ3n) is 3.31. The van der Waals surface area contributed by atoms with E-state index in [1.807, 2.05) is 11.3 Å². The Labute approximate surface area is 121 Å². The average Bonchev–Trinajstić information content (AvgIpc) is 2.76. The molecule has 0 aliphatic carbocycles.